The molecule has 0 radical (unpaired) electrons. The van der Waals surface area contributed by atoms with E-state index in [2.05, 4.69) is 53.5 Å². The summed E-state index contributed by atoms with van der Waals surface area (Å²) in [4.78, 5) is 30.9. The second-order valence-corrected chi connectivity index (χ2v) is 10.1. The van der Waals surface area contributed by atoms with E-state index >= 15 is 0 Å². The van der Waals surface area contributed by atoms with E-state index in [0.29, 0.717) is 30.2 Å². The van der Waals surface area contributed by atoms with Crippen LogP contribution in [0, 0.1) is 3.57 Å². The van der Waals surface area contributed by atoms with Gasteiger partial charge in [0, 0.05) is 33.5 Å². The normalized spacial score (nSPS) is 13.7. The topological polar surface area (TPSA) is 149 Å². The number of pyridine rings is 1. The number of fused-ring (bicyclic) bond motifs is 2. The molecule has 0 atom stereocenters. The molecule has 12 nitrogen and oxygen atoms in total. The molecule has 2 aromatic carbocycles. The predicted octanol–water partition coefficient (Wildman–Crippen LogP) is 2.70. The molecular formula is C26H17IN10O2. The van der Waals surface area contributed by atoms with Crippen LogP contribution in [0.5, 0.6) is 0 Å². The Labute approximate surface area is 233 Å². The van der Waals surface area contributed by atoms with E-state index < -0.39 is 11.8 Å². The van der Waals surface area contributed by atoms with Crippen LogP contribution in [0.25, 0.3) is 38.6 Å². The Hall–Kier alpha value is -4.79. The summed E-state index contributed by atoms with van der Waals surface area (Å²) in [6, 6.07) is 17.2. The van der Waals surface area contributed by atoms with Crippen LogP contribution in [0.3, 0.4) is 0 Å². The van der Waals surface area contributed by atoms with Crippen LogP contribution in [0.15, 0.2) is 67.0 Å². The Morgan fingerprint density at radius 3 is 2.46 bits per heavy atom. The molecule has 1 aliphatic rings. The van der Waals surface area contributed by atoms with Gasteiger partial charge in [-0.25, -0.2) is 4.68 Å². The lowest BCUT2D eigenvalue weighted by Gasteiger charge is -2.02. The Morgan fingerprint density at radius 2 is 1.69 bits per heavy atom. The van der Waals surface area contributed by atoms with Crippen molar-refractivity contribution in [3.63, 3.8) is 0 Å². The number of para-hydroxylation sites is 1. The van der Waals surface area contributed by atoms with E-state index in [4.69, 9.17) is 10.2 Å². The third-order valence-electron chi connectivity index (χ3n) is 6.53. The van der Waals surface area contributed by atoms with E-state index in [0.717, 1.165) is 31.1 Å². The van der Waals surface area contributed by atoms with Gasteiger partial charge < -0.3 is 0 Å². The molecule has 0 unspecified atom stereocenters. The van der Waals surface area contributed by atoms with E-state index in [1.54, 1.807) is 21.8 Å². The second kappa shape index (κ2) is 9.20. The standard InChI is InChI=1S/C26H17IN10O2/c27-14-7-8-19-17(12-14)24(33-37(19)15-4-3-10-28-13-15)22-21(25(38)29-26(22)39)23-16-5-1-2-6-18(16)36(32-23)11-9-20-30-34-35-31-20/h1-8,10,12-13H,9,11H2,(H,29,38,39)(H,30,31,34,35). The fraction of sp³-hybridized carbons (Fsp3) is 0.0769. The number of H-pyrrole nitrogens is 1. The lowest BCUT2D eigenvalue weighted by Crippen LogP contribution is -2.23. The minimum absolute atomic E-state index is 0.184. The van der Waals surface area contributed by atoms with Gasteiger partial charge in [0.2, 0.25) is 0 Å². The van der Waals surface area contributed by atoms with E-state index in [1.807, 2.05) is 54.6 Å². The number of imide groups is 1. The van der Waals surface area contributed by atoms with Crippen LogP contribution in [0.2, 0.25) is 0 Å². The van der Waals surface area contributed by atoms with Crippen LogP contribution in [0.1, 0.15) is 17.2 Å². The highest BCUT2D eigenvalue weighted by Crippen LogP contribution is 2.37. The minimum Gasteiger partial charge on any atom is -0.288 e. The molecular weight excluding hydrogens is 611 g/mol. The maximum atomic E-state index is 13.4. The van der Waals surface area contributed by atoms with Gasteiger partial charge >= 0.3 is 0 Å². The number of hydrogen-bond acceptors (Lipinski definition) is 8. The second-order valence-electron chi connectivity index (χ2n) is 8.83. The number of aromatic amines is 1. The molecule has 190 valence electrons. The minimum atomic E-state index is -0.517. The van der Waals surface area contributed by atoms with Gasteiger partial charge in [-0.05, 0) is 59.0 Å². The van der Waals surface area contributed by atoms with E-state index in [9.17, 15) is 9.59 Å². The van der Waals surface area contributed by atoms with Crippen molar-refractivity contribution >= 4 is 67.4 Å². The summed E-state index contributed by atoms with van der Waals surface area (Å²) in [6.45, 7) is 0.453. The molecule has 4 aromatic heterocycles. The van der Waals surface area contributed by atoms with Gasteiger partial charge in [0.1, 0.15) is 11.4 Å². The van der Waals surface area contributed by atoms with Crippen LogP contribution < -0.4 is 5.32 Å². The van der Waals surface area contributed by atoms with E-state index in [1.165, 1.54) is 0 Å². The molecule has 0 spiro atoms. The molecule has 0 aliphatic carbocycles. The van der Waals surface area contributed by atoms with Gasteiger partial charge in [-0.2, -0.15) is 15.4 Å². The molecule has 0 bridgehead atoms. The molecule has 0 saturated heterocycles. The monoisotopic (exact) mass is 628 g/mol. The van der Waals surface area contributed by atoms with Gasteiger partial charge in [0.25, 0.3) is 11.8 Å². The van der Waals surface area contributed by atoms with Gasteiger partial charge in [-0.1, -0.05) is 23.4 Å². The first-order valence-electron chi connectivity index (χ1n) is 12.0. The Morgan fingerprint density at radius 1 is 0.872 bits per heavy atom. The quantitative estimate of drug-likeness (QED) is 0.211. The molecule has 13 heteroatoms. The molecule has 0 saturated carbocycles. The number of rotatable bonds is 6. The highest BCUT2D eigenvalue weighted by atomic mass is 127. The van der Waals surface area contributed by atoms with Crippen LogP contribution in [-0.2, 0) is 22.6 Å². The molecule has 5 heterocycles. The zero-order chi connectivity index (χ0) is 26.5. The van der Waals surface area contributed by atoms with Crippen molar-refractivity contribution in [2.75, 3.05) is 0 Å². The van der Waals surface area contributed by atoms with Crippen LogP contribution in [0.4, 0.5) is 0 Å². The van der Waals surface area contributed by atoms with E-state index in [-0.39, 0.29) is 11.1 Å². The molecule has 2 amide bonds. The largest absolute Gasteiger partial charge is 0.288 e. The molecule has 2 N–H and O–H groups in total. The number of aryl methyl sites for hydroxylation is 2. The summed E-state index contributed by atoms with van der Waals surface area (Å²) in [5.41, 5.74) is 3.51. The number of benzene rings is 2. The van der Waals surface area contributed by atoms with Crippen molar-refractivity contribution in [1.82, 2.24) is 50.5 Å². The van der Waals surface area contributed by atoms with Crippen molar-refractivity contribution < 1.29 is 9.59 Å². The summed E-state index contributed by atoms with van der Waals surface area (Å²) >= 11 is 2.22. The van der Waals surface area contributed by atoms with Gasteiger partial charge in [-0.15, -0.1) is 10.2 Å². The number of nitrogens with zero attached hydrogens (tertiary/aromatic N) is 8. The van der Waals surface area contributed by atoms with Crippen molar-refractivity contribution in [1.29, 1.82) is 0 Å². The first kappa shape index (κ1) is 23.3. The number of nitrogens with one attached hydrogen (secondary N) is 2. The third-order valence-corrected chi connectivity index (χ3v) is 7.20. The third kappa shape index (κ3) is 3.89. The SMILES string of the molecule is O=C1NC(=O)C(c2nn(-c3cccnc3)c3ccc(I)cc23)=C1c1nn(CCc2nn[nH]n2)c2ccccc12. The Kier molecular flexibility index (Phi) is 5.50. The van der Waals surface area contributed by atoms with Crippen molar-refractivity contribution in [2.24, 2.45) is 0 Å². The summed E-state index contributed by atoms with van der Waals surface area (Å²) in [5.74, 6) is -0.484. The summed E-state index contributed by atoms with van der Waals surface area (Å²) < 4.78 is 4.49. The first-order chi connectivity index (χ1) is 19.1. The maximum absolute atomic E-state index is 13.4. The molecule has 39 heavy (non-hydrogen) atoms. The lowest BCUT2D eigenvalue weighted by molar-refractivity contribution is -0.122. The number of carbonyl (C=O) groups excluding carboxylic acids is 2. The maximum Gasteiger partial charge on any atom is 0.261 e. The fourth-order valence-corrected chi connectivity index (χ4v) is 5.33. The highest BCUT2D eigenvalue weighted by molar-refractivity contribution is 14.1. The van der Waals surface area contributed by atoms with Crippen molar-refractivity contribution in [2.45, 2.75) is 13.0 Å². The Balaban J connectivity index is 1.46. The fourth-order valence-electron chi connectivity index (χ4n) is 4.83. The van der Waals surface area contributed by atoms with Gasteiger partial charge in [0.05, 0.1) is 34.1 Å². The average Bonchev–Trinajstić information content (AvgIpc) is 3.73. The number of halogens is 1. The molecule has 7 rings (SSSR count). The summed E-state index contributed by atoms with van der Waals surface area (Å²) in [5, 5.41) is 27.7. The smallest absolute Gasteiger partial charge is 0.261 e. The number of amides is 2. The number of hydrogen-bond donors (Lipinski definition) is 2. The van der Waals surface area contributed by atoms with Crippen molar-refractivity contribution in [3.05, 3.63) is 87.8 Å². The van der Waals surface area contributed by atoms with Crippen LogP contribution >= 0.6 is 22.6 Å². The zero-order valence-electron chi connectivity index (χ0n) is 20.0. The average molecular weight is 628 g/mol. The highest BCUT2D eigenvalue weighted by Gasteiger charge is 2.37. The molecule has 0 fully saturated rings. The molecule has 1 aliphatic heterocycles. The lowest BCUT2D eigenvalue weighted by atomic mass is 9.99. The number of carbonyl (C=O) groups is 2. The predicted molar refractivity (Wildman–Crippen MR) is 149 cm³/mol. The van der Waals surface area contributed by atoms with Gasteiger partial charge in [-0.3, -0.25) is 24.6 Å². The zero-order valence-corrected chi connectivity index (χ0v) is 22.2. The van der Waals surface area contributed by atoms with Gasteiger partial charge in [0.15, 0.2) is 5.82 Å². The summed E-state index contributed by atoms with van der Waals surface area (Å²) in [6.07, 6.45) is 3.86. The molecule has 6 aromatic rings. The number of tetrazole rings is 1. The Bertz CT molecular complexity index is 1940. The van der Waals surface area contributed by atoms with Crippen molar-refractivity contribution in [3.8, 4) is 5.69 Å². The first-order valence-corrected chi connectivity index (χ1v) is 13.0. The van der Waals surface area contributed by atoms with Crippen LogP contribution in [-0.4, -0.2) is 57.0 Å². The number of aromatic nitrogens is 9. The summed E-state index contributed by atoms with van der Waals surface area (Å²) in [7, 11) is 0.